The molecule has 2 rings (SSSR count). The molecule has 1 saturated heterocycles. The number of hydrogen-bond acceptors (Lipinski definition) is 4. The third-order valence-corrected chi connectivity index (χ3v) is 4.52. The van der Waals surface area contributed by atoms with Gasteiger partial charge in [0.1, 0.15) is 44.2 Å². The zero-order valence-electron chi connectivity index (χ0n) is 14.6. The number of carbonyl (C=O) groups is 1. The summed E-state index contributed by atoms with van der Waals surface area (Å²) in [7, 11) is 3.17. The summed E-state index contributed by atoms with van der Waals surface area (Å²) < 4.78 is 10.5. The van der Waals surface area contributed by atoms with Gasteiger partial charge in [-0.05, 0) is 12.1 Å². The van der Waals surface area contributed by atoms with Crippen molar-refractivity contribution >= 4 is 11.6 Å². The van der Waals surface area contributed by atoms with Gasteiger partial charge in [-0.25, -0.2) is 0 Å². The molecule has 0 radical (unpaired) electrons. The van der Waals surface area contributed by atoms with Crippen molar-refractivity contribution in [1.29, 1.82) is 0 Å². The molecule has 0 aliphatic carbocycles. The van der Waals surface area contributed by atoms with E-state index in [4.69, 9.17) is 14.6 Å². The van der Waals surface area contributed by atoms with Crippen LogP contribution in [-0.4, -0.2) is 71.1 Å². The van der Waals surface area contributed by atoms with Crippen LogP contribution in [0.15, 0.2) is 18.2 Å². The standard InChI is InChI=1S/C17H27N3O4/c1-23-14-3-4-15(16(13-14)24-2)18-17(22)5-6-19-7-9-20(10-8-19)11-12-21/h3-4,13,21H,5-12H2,1-2H3,(H,18,22)/p+2. The fourth-order valence-electron chi connectivity index (χ4n) is 3.02. The molecule has 1 fully saturated rings. The highest BCUT2D eigenvalue weighted by Crippen LogP contribution is 2.28. The Hall–Kier alpha value is -1.83. The topological polar surface area (TPSA) is 76.7 Å². The Bertz CT molecular complexity index is 531. The van der Waals surface area contributed by atoms with Gasteiger partial charge in [-0.2, -0.15) is 0 Å². The number of aliphatic hydroxyl groups is 1. The number of hydrogen-bond donors (Lipinski definition) is 4. The number of amides is 1. The molecule has 1 aliphatic heterocycles. The van der Waals surface area contributed by atoms with E-state index in [0.717, 1.165) is 39.3 Å². The third kappa shape index (κ3) is 5.36. The monoisotopic (exact) mass is 339 g/mol. The number of ether oxygens (including phenoxy) is 2. The first kappa shape index (κ1) is 18.5. The number of methoxy groups -OCH3 is 2. The van der Waals surface area contributed by atoms with Crippen molar-refractivity contribution in [3.8, 4) is 11.5 Å². The molecule has 1 aliphatic rings. The van der Waals surface area contributed by atoms with Gasteiger partial charge in [-0.3, -0.25) is 4.79 Å². The van der Waals surface area contributed by atoms with Gasteiger partial charge >= 0.3 is 0 Å². The molecule has 1 aromatic rings. The van der Waals surface area contributed by atoms with Gasteiger partial charge in [0.2, 0.25) is 5.91 Å². The highest BCUT2D eigenvalue weighted by Gasteiger charge is 2.22. The Balaban J connectivity index is 1.78. The van der Waals surface area contributed by atoms with E-state index in [1.807, 2.05) is 0 Å². The maximum absolute atomic E-state index is 12.2. The van der Waals surface area contributed by atoms with Crippen molar-refractivity contribution < 1.29 is 29.2 Å². The largest absolute Gasteiger partial charge is 0.497 e. The Morgan fingerprint density at radius 1 is 1.12 bits per heavy atom. The molecule has 0 bridgehead atoms. The zero-order valence-corrected chi connectivity index (χ0v) is 14.6. The highest BCUT2D eigenvalue weighted by atomic mass is 16.5. The van der Waals surface area contributed by atoms with E-state index in [2.05, 4.69) is 5.32 Å². The van der Waals surface area contributed by atoms with Crippen molar-refractivity contribution in [2.24, 2.45) is 0 Å². The fourth-order valence-corrected chi connectivity index (χ4v) is 3.02. The zero-order chi connectivity index (χ0) is 17.4. The van der Waals surface area contributed by atoms with Crippen LogP contribution in [0.1, 0.15) is 6.42 Å². The fraction of sp³-hybridized carbons (Fsp3) is 0.588. The van der Waals surface area contributed by atoms with E-state index in [1.54, 1.807) is 32.4 Å². The molecule has 1 aromatic carbocycles. The number of aliphatic hydroxyl groups excluding tert-OH is 1. The highest BCUT2D eigenvalue weighted by molar-refractivity contribution is 5.92. The van der Waals surface area contributed by atoms with Gasteiger partial charge in [-0.15, -0.1) is 0 Å². The van der Waals surface area contributed by atoms with Crippen LogP contribution in [0, 0.1) is 0 Å². The minimum atomic E-state index is -0.00361. The average molecular weight is 339 g/mol. The molecule has 0 spiro atoms. The van der Waals surface area contributed by atoms with E-state index in [0.29, 0.717) is 23.6 Å². The van der Waals surface area contributed by atoms with Crippen LogP contribution >= 0.6 is 0 Å². The van der Waals surface area contributed by atoms with E-state index in [-0.39, 0.29) is 12.5 Å². The van der Waals surface area contributed by atoms with E-state index in [1.165, 1.54) is 9.80 Å². The summed E-state index contributed by atoms with van der Waals surface area (Å²) in [6, 6.07) is 5.34. The Kier molecular flexibility index (Phi) is 7.30. The lowest BCUT2D eigenvalue weighted by atomic mass is 10.2. The van der Waals surface area contributed by atoms with Crippen molar-refractivity contribution in [2.45, 2.75) is 6.42 Å². The molecule has 24 heavy (non-hydrogen) atoms. The number of carbonyl (C=O) groups excluding carboxylic acids is 1. The van der Waals surface area contributed by atoms with Crippen molar-refractivity contribution in [3.05, 3.63) is 18.2 Å². The van der Waals surface area contributed by atoms with Gasteiger partial charge < -0.3 is 29.7 Å². The molecule has 1 heterocycles. The number of rotatable bonds is 8. The molecule has 0 aromatic heterocycles. The minimum absolute atomic E-state index is 0.00361. The average Bonchev–Trinajstić information content (AvgIpc) is 2.61. The van der Waals surface area contributed by atoms with Crippen molar-refractivity contribution in [3.63, 3.8) is 0 Å². The summed E-state index contributed by atoms with van der Waals surface area (Å²) in [5.74, 6) is 1.28. The Morgan fingerprint density at radius 3 is 2.38 bits per heavy atom. The molecular formula is C17H29N3O4+2. The number of quaternary nitrogens is 2. The first-order valence-electron chi connectivity index (χ1n) is 8.46. The van der Waals surface area contributed by atoms with Gasteiger partial charge in [0.15, 0.2) is 0 Å². The molecule has 1 amide bonds. The van der Waals surface area contributed by atoms with E-state index in [9.17, 15) is 4.79 Å². The summed E-state index contributed by atoms with van der Waals surface area (Å²) in [4.78, 5) is 15.1. The first-order valence-corrected chi connectivity index (χ1v) is 8.46. The predicted molar refractivity (Wildman–Crippen MR) is 91.0 cm³/mol. The summed E-state index contributed by atoms with van der Waals surface area (Å²) in [6.07, 6.45) is 0.486. The molecule has 7 heteroatoms. The van der Waals surface area contributed by atoms with Crippen LogP contribution < -0.4 is 24.6 Å². The number of benzene rings is 1. The number of piperazine rings is 1. The Morgan fingerprint density at radius 2 is 1.79 bits per heavy atom. The summed E-state index contributed by atoms with van der Waals surface area (Å²) >= 11 is 0. The second-order valence-corrected chi connectivity index (χ2v) is 6.09. The quantitative estimate of drug-likeness (QED) is 0.434. The molecule has 0 atom stereocenters. The summed E-state index contributed by atoms with van der Waals surface area (Å²) in [6.45, 7) is 6.12. The summed E-state index contributed by atoms with van der Waals surface area (Å²) in [5.41, 5.74) is 0.663. The smallest absolute Gasteiger partial charge is 0.230 e. The number of nitrogens with one attached hydrogen (secondary N) is 3. The number of anilines is 1. The van der Waals surface area contributed by atoms with Crippen molar-refractivity contribution in [1.82, 2.24) is 0 Å². The normalized spacial score (nSPS) is 20.5. The van der Waals surface area contributed by atoms with Crippen LogP contribution in [0.25, 0.3) is 0 Å². The lowest BCUT2D eigenvalue weighted by molar-refractivity contribution is -1.01. The van der Waals surface area contributed by atoms with Crippen LogP contribution in [0.3, 0.4) is 0 Å². The SMILES string of the molecule is COc1ccc(NC(=O)CC[NH+]2CC[NH+](CCO)CC2)c(OC)c1. The van der Waals surface area contributed by atoms with Gasteiger partial charge in [0.25, 0.3) is 0 Å². The van der Waals surface area contributed by atoms with Crippen LogP contribution in [0.5, 0.6) is 11.5 Å². The second kappa shape index (κ2) is 9.46. The van der Waals surface area contributed by atoms with Gasteiger partial charge in [0.05, 0.1) is 39.5 Å². The first-order chi connectivity index (χ1) is 11.7. The molecule has 4 N–H and O–H groups in total. The van der Waals surface area contributed by atoms with Crippen LogP contribution in [-0.2, 0) is 4.79 Å². The van der Waals surface area contributed by atoms with Crippen LogP contribution in [0.4, 0.5) is 5.69 Å². The molecule has 7 nitrogen and oxygen atoms in total. The molecular weight excluding hydrogens is 310 g/mol. The minimum Gasteiger partial charge on any atom is -0.497 e. The predicted octanol–water partition coefficient (Wildman–Crippen LogP) is -2.19. The third-order valence-electron chi connectivity index (χ3n) is 4.52. The maximum Gasteiger partial charge on any atom is 0.230 e. The van der Waals surface area contributed by atoms with E-state index >= 15 is 0 Å². The van der Waals surface area contributed by atoms with Crippen molar-refractivity contribution in [2.75, 3.05) is 65.4 Å². The van der Waals surface area contributed by atoms with Gasteiger partial charge in [0, 0.05) is 6.07 Å². The second-order valence-electron chi connectivity index (χ2n) is 6.09. The summed E-state index contributed by atoms with van der Waals surface area (Å²) in [5, 5.41) is 11.9. The molecule has 0 unspecified atom stereocenters. The Labute approximate surface area is 143 Å². The molecule has 134 valence electrons. The van der Waals surface area contributed by atoms with Crippen LogP contribution in [0.2, 0.25) is 0 Å². The maximum atomic E-state index is 12.2. The lowest BCUT2D eigenvalue weighted by Gasteiger charge is -2.29. The molecule has 0 saturated carbocycles. The van der Waals surface area contributed by atoms with E-state index < -0.39 is 0 Å². The lowest BCUT2D eigenvalue weighted by Crippen LogP contribution is -3.28. The van der Waals surface area contributed by atoms with Gasteiger partial charge in [-0.1, -0.05) is 0 Å².